The summed E-state index contributed by atoms with van der Waals surface area (Å²) >= 11 is 0. The van der Waals surface area contributed by atoms with E-state index < -0.39 is 12.7 Å². The highest BCUT2D eigenvalue weighted by Crippen LogP contribution is 2.20. The number of hydrogen-bond donors (Lipinski definition) is 2. The van der Waals surface area contributed by atoms with Crippen LogP contribution in [0.1, 0.15) is 25.7 Å². The number of piperidine rings is 2. The van der Waals surface area contributed by atoms with Crippen molar-refractivity contribution in [1.29, 1.82) is 0 Å². The van der Waals surface area contributed by atoms with Crippen LogP contribution in [-0.2, 0) is 4.79 Å². The first-order valence-corrected chi connectivity index (χ1v) is 6.74. The Hall–Kier alpha value is -0.820. The molecule has 0 aromatic heterocycles. The predicted molar refractivity (Wildman–Crippen MR) is 64.7 cm³/mol. The minimum atomic E-state index is -4.10. The van der Waals surface area contributed by atoms with E-state index in [9.17, 15) is 18.0 Å². The van der Waals surface area contributed by atoms with Crippen molar-refractivity contribution in [1.82, 2.24) is 15.5 Å². The molecule has 2 N–H and O–H groups in total. The van der Waals surface area contributed by atoms with Gasteiger partial charge < -0.3 is 10.6 Å². The van der Waals surface area contributed by atoms with Crippen molar-refractivity contribution in [3.63, 3.8) is 0 Å². The summed E-state index contributed by atoms with van der Waals surface area (Å²) in [7, 11) is 0. The van der Waals surface area contributed by atoms with E-state index in [0.717, 1.165) is 19.3 Å². The van der Waals surface area contributed by atoms with Crippen LogP contribution in [0.15, 0.2) is 0 Å². The summed E-state index contributed by atoms with van der Waals surface area (Å²) in [4.78, 5) is 12.5. The van der Waals surface area contributed by atoms with Gasteiger partial charge in [-0.1, -0.05) is 0 Å². The fourth-order valence-corrected chi connectivity index (χ4v) is 2.72. The summed E-state index contributed by atoms with van der Waals surface area (Å²) in [6, 6.07) is 0.529. The highest BCUT2D eigenvalue weighted by atomic mass is 19.4. The molecule has 2 fully saturated rings. The highest BCUT2D eigenvalue weighted by molar-refractivity contribution is 5.76. The Balaban J connectivity index is 1.67. The molecule has 0 spiro atoms. The van der Waals surface area contributed by atoms with E-state index in [-0.39, 0.29) is 18.0 Å². The molecule has 0 bridgehead atoms. The van der Waals surface area contributed by atoms with Gasteiger partial charge in [-0.3, -0.25) is 9.69 Å². The van der Waals surface area contributed by atoms with E-state index in [4.69, 9.17) is 0 Å². The number of nitrogens with one attached hydrogen (secondary N) is 2. The van der Waals surface area contributed by atoms with Gasteiger partial charge in [-0.05, 0) is 32.4 Å². The molecule has 4 nitrogen and oxygen atoms in total. The number of halogens is 3. The normalized spacial score (nSPS) is 27.3. The van der Waals surface area contributed by atoms with Gasteiger partial charge in [-0.2, -0.15) is 13.2 Å². The maximum atomic E-state index is 12.2. The van der Waals surface area contributed by atoms with E-state index in [1.54, 1.807) is 0 Å². The second kappa shape index (κ2) is 6.09. The molecule has 0 saturated carbocycles. The van der Waals surface area contributed by atoms with Crippen LogP contribution in [0.25, 0.3) is 0 Å². The molecule has 2 aliphatic rings. The van der Waals surface area contributed by atoms with Crippen molar-refractivity contribution < 1.29 is 18.0 Å². The smallest absolute Gasteiger partial charge is 0.355 e. The average Bonchev–Trinajstić information content (AvgIpc) is 2.33. The molecule has 0 radical (unpaired) electrons. The van der Waals surface area contributed by atoms with Gasteiger partial charge in [0, 0.05) is 25.0 Å². The SMILES string of the molecule is O=C1CCC(NC2CCN(CC(F)(F)F)CC2)CN1. The zero-order chi connectivity index (χ0) is 13.9. The first kappa shape index (κ1) is 14.6. The van der Waals surface area contributed by atoms with Crippen molar-refractivity contribution in [2.24, 2.45) is 0 Å². The summed E-state index contributed by atoms with van der Waals surface area (Å²) in [5.74, 6) is 0.0815. The second-order valence-corrected chi connectivity index (χ2v) is 5.37. The first-order valence-electron chi connectivity index (χ1n) is 6.74. The van der Waals surface area contributed by atoms with Gasteiger partial charge in [0.15, 0.2) is 0 Å². The summed E-state index contributed by atoms with van der Waals surface area (Å²) in [5, 5.41) is 6.24. The largest absolute Gasteiger partial charge is 0.401 e. The first-order chi connectivity index (χ1) is 8.92. The monoisotopic (exact) mass is 279 g/mol. The Bertz CT molecular complexity index is 304. The minimum Gasteiger partial charge on any atom is -0.355 e. The van der Waals surface area contributed by atoms with Crippen LogP contribution in [0.3, 0.4) is 0 Å². The van der Waals surface area contributed by atoms with Gasteiger partial charge in [-0.25, -0.2) is 0 Å². The van der Waals surface area contributed by atoms with Crippen LogP contribution in [-0.4, -0.2) is 55.2 Å². The summed E-state index contributed by atoms with van der Waals surface area (Å²) < 4.78 is 36.7. The molecule has 7 heteroatoms. The molecule has 2 heterocycles. The molecular formula is C12H20F3N3O. The van der Waals surface area contributed by atoms with Crippen LogP contribution < -0.4 is 10.6 Å². The standard InChI is InChI=1S/C12H20F3N3O/c13-12(14,15)8-18-5-3-9(4-6-18)17-10-1-2-11(19)16-7-10/h9-10,17H,1-8H2,(H,16,19). The summed E-state index contributed by atoms with van der Waals surface area (Å²) in [6.45, 7) is 0.785. The predicted octanol–water partition coefficient (Wildman–Crippen LogP) is 0.881. The minimum absolute atomic E-state index is 0.0815. The van der Waals surface area contributed by atoms with Crippen molar-refractivity contribution >= 4 is 5.91 Å². The molecule has 1 unspecified atom stereocenters. The van der Waals surface area contributed by atoms with Crippen LogP contribution >= 0.6 is 0 Å². The molecule has 2 saturated heterocycles. The molecule has 2 aliphatic heterocycles. The van der Waals surface area contributed by atoms with Gasteiger partial charge in [0.1, 0.15) is 0 Å². The van der Waals surface area contributed by atoms with Crippen LogP contribution in [0.5, 0.6) is 0 Å². The van der Waals surface area contributed by atoms with E-state index >= 15 is 0 Å². The third-order valence-corrected chi connectivity index (χ3v) is 3.73. The number of rotatable bonds is 3. The highest BCUT2D eigenvalue weighted by Gasteiger charge is 2.33. The number of amides is 1. The lowest BCUT2D eigenvalue weighted by atomic mass is 10.0. The number of carbonyl (C=O) groups is 1. The zero-order valence-corrected chi connectivity index (χ0v) is 10.8. The van der Waals surface area contributed by atoms with E-state index in [0.29, 0.717) is 26.1 Å². The van der Waals surface area contributed by atoms with Crippen molar-refractivity contribution in [2.45, 2.75) is 43.9 Å². The average molecular weight is 279 g/mol. The third-order valence-electron chi connectivity index (χ3n) is 3.73. The molecular weight excluding hydrogens is 259 g/mol. The maximum absolute atomic E-state index is 12.2. The molecule has 19 heavy (non-hydrogen) atoms. The number of carbonyl (C=O) groups excluding carboxylic acids is 1. The van der Waals surface area contributed by atoms with Gasteiger partial charge >= 0.3 is 6.18 Å². The van der Waals surface area contributed by atoms with Gasteiger partial charge in [0.25, 0.3) is 0 Å². The fourth-order valence-electron chi connectivity index (χ4n) is 2.72. The molecule has 110 valence electrons. The number of hydrogen-bond acceptors (Lipinski definition) is 3. The Morgan fingerprint density at radius 1 is 1.21 bits per heavy atom. The van der Waals surface area contributed by atoms with E-state index in [1.165, 1.54) is 4.90 Å². The zero-order valence-electron chi connectivity index (χ0n) is 10.8. The Labute approximate surface area is 110 Å². The van der Waals surface area contributed by atoms with Crippen LogP contribution in [0.4, 0.5) is 13.2 Å². The number of likely N-dealkylation sites (tertiary alicyclic amines) is 1. The van der Waals surface area contributed by atoms with Gasteiger partial charge in [0.2, 0.25) is 5.91 Å². The number of alkyl halides is 3. The lowest BCUT2D eigenvalue weighted by molar-refractivity contribution is -0.148. The van der Waals surface area contributed by atoms with Gasteiger partial charge in [-0.15, -0.1) is 0 Å². The summed E-state index contributed by atoms with van der Waals surface area (Å²) in [6.07, 6.45) is -1.28. The molecule has 0 aromatic rings. The Kier molecular flexibility index (Phi) is 4.67. The summed E-state index contributed by atoms with van der Waals surface area (Å²) in [5.41, 5.74) is 0. The van der Waals surface area contributed by atoms with Gasteiger partial charge in [0.05, 0.1) is 6.54 Å². The molecule has 0 aromatic carbocycles. The van der Waals surface area contributed by atoms with Crippen LogP contribution in [0.2, 0.25) is 0 Å². The molecule has 1 atom stereocenters. The maximum Gasteiger partial charge on any atom is 0.401 e. The molecule has 2 rings (SSSR count). The Morgan fingerprint density at radius 2 is 1.89 bits per heavy atom. The van der Waals surface area contributed by atoms with E-state index in [2.05, 4.69) is 10.6 Å². The fraction of sp³-hybridized carbons (Fsp3) is 0.917. The third kappa shape index (κ3) is 4.99. The lowest BCUT2D eigenvalue weighted by Crippen LogP contribution is -2.52. The number of nitrogens with zero attached hydrogens (tertiary/aromatic N) is 1. The topological polar surface area (TPSA) is 44.4 Å². The quantitative estimate of drug-likeness (QED) is 0.806. The van der Waals surface area contributed by atoms with E-state index in [1.807, 2.05) is 0 Å². The molecule has 1 amide bonds. The lowest BCUT2D eigenvalue weighted by Gasteiger charge is -2.35. The van der Waals surface area contributed by atoms with Crippen molar-refractivity contribution in [3.8, 4) is 0 Å². The Morgan fingerprint density at radius 3 is 2.42 bits per heavy atom. The van der Waals surface area contributed by atoms with Crippen molar-refractivity contribution in [2.75, 3.05) is 26.2 Å². The molecule has 0 aliphatic carbocycles. The second-order valence-electron chi connectivity index (χ2n) is 5.37. The van der Waals surface area contributed by atoms with Crippen molar-refractivity contribution in [3.05, 3.63) is 0 Å². The van der Waals surface area contributed by atoms with Crippen LogP contribution in [0, 0.1) is 0 Å².